The van der Waals surface area contributed by atoms with Crippen LogP contribution in [0.4, 0.5) is 11.4 Å². The number of hydrogen-bond acceptors (Lipinski definition) is 4. The molecule has 6 nitrogen and oxygen atoms in total. The topological polar surface area (TPSA) is 84.3 Å². The second-order valence-corrected chi connectivity index (χ2v) is 4.67. The van der Waals surface area contributed by atoms with E-state index >= 15 is 0 Å². The minimum absolute atomic E-state index is 0.0133. The van der Waals surface area contributed by atoms with E-state index in [1.807, 2.05) is 6.92 Å². The summed E-state index contributed by atoms with van der Waals surface area (Å²) in [6, 6.07) is 4.38. The molecule has 1 aromatic rings. The van der Waals surface area contributed by atoms with Gasteiger partial charge in [-0.25, -0.2) is 0 Å². The molecule has 2 rings (SSSR count). The number of benzene rings is 1. The first-order chi connectivity index (χ1) is 9.11. The number of nitrogens with zero attached hydrogens (tertiary/aromatic N) is 1. The van der Waals surface area contributed by atoms with Gasteiger partial charge in [0, 0.05) is 24.7 Å². The summed E-state index contributed by atoms with van der Waals surface area (Å²) in [5, 5.41) is 16.6. The second-order valence-electron chi connectivity index (χ2n) is 4.67. The summed E-state index contributed by atoms with van der Waals surface area (Å²) in [5.74, 6) is 0.427. The van der Waals surface area contributed by atoms with Crippen LogP contribution in [0.3, 0.4) is 0 Å². The summed E-state index contributed by atoms with van der Waals surface area (Å²) in [7, 11) is 0. The molecule has 0 atom stereocenters. The highest BCUT2D eigenvalue weighted by Gasteiger charge is 2.22. The average Bonchev–Trinajstić information content (AvgIpc) is 3.20. The van der Waals surface area contributed by atoms with Gasteiger partial charge < -0.3 is 10.6 Å². The van der Waals surface area contributed by atoms with Crippen LogP contribution in [0.15, 0.2) is 18.2 Å². The number of hydrogen-bond donors (Lipinski definition) is 2. The zero-order chi connectivity index (χ0) is 13.8. The lowest BCUT2D eigenvalue weighted by Gasteiger charge is -2.08. The van der Waals surface area contributed by atoms with Crippen molar-refractivity contribution in [2.45, 2.75) is 19.8 Å². The van der Waals surface area contributed by atoms with Crippen LogP contribution >= 0.6 is 0 Å². The lowest BCUT2D eigenvalue weighted by molar-refractivity contribution is -0.384. The quantitative estimate of drug-likeness (QED) is 0.608. The normalized spacial score (nSPS) is 13.9. The molecule has 0 unspecified atom stereocenters. The van der Waals surface area contributed by atoms with Crippen molar-refractivity contribution in [1.82, 2.24) is 5.32 Å². The van der Waals surface area contributed by atoms with Crippen molar-refractivity contribution in [3.05, 3.63) is 33.9 Å². The van der Waals surface area contributed by atoms with Crippen molar-refractivity contribution in [3.8, 4) is 0 Å². The maximum absolute atomic E-state index is 11.9. The zero-order valence-electron chi connectivity index (χ0n) is 10.8. The number of anilines is 1. The minimum atomic E-state index is -0.454. The number of carbonyl (C=O) groups excluding carboxylic acids is 1. The van der Waals surface area contributed by atoms with Crippen molar-refractivity contribution in [2.24, 2.45) is 5.92 Å². The molecule has 1 aliphatic rings. The summed E-state index contributed by atoms with van der Waals surface area (Å²) in [5.41, 5.74) is 0.814. The Morgan fingerprint density at radius 2 is 2.21 bits per heavy atom. The molecular formula is C13H17N3O3. The first kappa shape index (κ1) is 13.3. The van der Waals surface area contributed by atoms with Crippen LogP contribution in [0.5, 0.6) is 0 Å². The first-order valence-electron chi connectivity index (χ1n) is 6.42. The van der Waals surface area contributed by atoms with Gasteiger partial charge in [-0.2, -0.15) is 0 Å². The van der Waals surface area contributed by atoms with Crippen LogP contribution in [0.1, 0.15) is 30.1 Å². The molecule has 0 aliphatic heterocycles. The van der Waals surface area contributed by atoms with Gasteiger partial charge in [-0.05, 0) is 37.8 Å². The fourth-order valence-electron chi connectivity index (χ4n) is 1.83. The van der Waals surface area contributed by atoms with E-state index in [0.29, 0.717) is 30.3 Å². The van der Waals surface area contributed by atoms with E-state index < -0.39 is 4.92 Å². The van der Waals surface area contributed by atoms with E-state index in [4.69, 9.17) is 0 Å². The minimum Gasteiger partial charge on any atom is -0.380 e. The number of nitrogens with one attached hydrogen (secondary N) is 2. The van der Waals surface area contributed by atoms with Crippen molar-refractivity contribution >= 4 is 17.3 Å². The van der Waals surface area contributed by atoms with Gasteiger partial charge >= 0.3 is 0 Å². The van der Waals surface area contributed by atoms with Gasteiger partial charge in [0.2, 0.25) is 0 Å². The third-order valence-corrected chi connectivity index (χ3v) is 3.07. The van der Waals surface area contributed by atoms with Crippen LogP contribution in [0.2, 0.25) is 0 Å². The Kier molecular flexibility index (Phi) is 3.99. The maximum atomic E-state index is 11.9. The molecule has 0 radical (unpaired) electrons. The number of amides is 1. The summed E-state index contributed by atoms with van der Waals surface area (Å²) < 4.78 is 0. The third kappa shape index (κ3) is 3.43. The molecule has 1 aromatic carbocycles. The molecule has 0 bridgehead atoms. The van der Waals surface area contributed by atoms with Crippen molar-refractivity contribution < 1.29 is 9.72 Å². The van der Waals surface area contributed by atoms with Crippen molar-refractivity contribution in [1.29, 1.82) is 0 Å². The SMILES string of the molecule is CCNc1cc(C(=O)NCC2CC2)ccc1[N+](=O)[O-]. The maximum Gasteiger partial charge on any atom is 0.292 e. The van der Waals surface area contributed by atoms with E-state index in [2.05, 4.69) is 10.6 Å². The Labute approximate surface area is 111 Å². The fourth-order valence-corrected chi connectivity index (χ4v) is 1.83. The molecule has 2 N–H and O–H groups in total. The van der Waals surface area contributed by atoms with E-state index in [1.54, 1.807) is 0 Å². The van der Waals surface area contributed by atoms with Gasteiger partial charge in [0.25, 0.3) is 11.6 Å². The summed E-state index contributed by atoms with van der Waals surface area (Å²) in [4.78, 5) is 22.3. The molecule has 0 spiro atoms. The van der Waals surface area contributed by atoms with Gasteiger partial charge in [-0.15, -0.1) is 0 Å². The van der Waals surface area contributed by atoms with E-state index in [9.17, 15) is 14.9 Å². The largest absolute Gasteiger partial charge is 0.380 e. The standard InChI is InChI=1S/C13H17N3O3/c1-2-14-11-7-10(5-6-12(11)16(18)19)13(17)15-8-9-3-4-9/h5-7,9,14H,2-4,8H2,1H3,(H,15,17). The summed E-state index contributed by atoms with van der Waals surface area (Å²) >= 11 is 0. The van der Waals surface area contributed by atoms with E-state index in [0.717, 1.165) is 0 Å². The van der Waals surface area contributed by atoms with E-state index in [-0.39, 0.29) is 11.6 Å². The third-order valence-electron chi connectivity index (χ3n) is 3.07. The zero-order valence-corrected chi connectivity index (χ0v) is 10.8. The van der Waals surface area contributed by atoms with Crippen LogP contribution < -0.4 is 10.6 Å². The Morgan fingerprint density at radius 3 is 2.79 bits per heavy atom. The van der Waals surface area contributed by atoms with Gasteiger partial charge in [0.05, 0.1) is 4.92 Å². The Balaban J connectivity index is 2.13. The Hall–Kier alpha value is -2.11. The van der Waals surface area contributed by atoms with Crippen LogP contribution in [-0.2, 0) is 0 Å². The van der Waals surface area contributed by atoms with Gasteiger partial charge in [0.15, 0.2) is 0 Å². The molecular weight excluding hydrogens is 246 g/mol. The molecule has 1 fully saturated rings. The monoisotopic (exact) mass is 263 g/mol. The number of nitro benzene ring substituents is 1. The highest BCUT2D eigenvalue weighted by molar-refractivity contribution is 5.95. The van der Waals surface area contributed by atoms with Crippen molar-refractivity contribution in [3.63, 3.8) is 0 Å². The predicted octanol–water partition coefficient (Wildman–Crippen LogP) is 2.17. The second kappa shape index (κ2) is 5.69. The number of rotatable bonds is 6. The molecule has 0 heterocycles. The Bertz CT molecular complexity index is 498. The van der Waals surface area contributed by atoms with Gasteiger partial charge in [-0.3, -0.25) is 14.9 Å². The fraction of sp³-hybridized carbons (Fsp3) is 0.462. The molecule has 0 saturated heterocycles. The Morgan fingerprint density at radius 1 is 1.47 bits per heavy atom. The van der Waals surface area contributed by atoms with E-state index in [1.165, 1.54) is 31.0 Å². The molecule has 19 heavy (non-hydrogen) atoms. The van der Waals surface area contributed by atoms with Gasteiger partial charge in [-0.1, -0.05) is 0 Å². The molecule has 1 aliphatic carbocycles. The first-order valence-corrected chi connectivity index (χ1v) is 6.42. The van der Waals surface area contributed by atoms with Crippen molar-refractivity contribution in [2.75, 3.05) is 18.4 Å². The van der Waals surface area contributed by atoms with Crippen LogP contribution in [0.25, 0.3) is 0 Å². The molecule has 6 heteroatoms. The highest BCUT2D eigenvalue weighted by atomic mass is 16.6. The van der Waals surface area contributed by atoms with Crippen LogP contribution in [-0.4, -0.2) is 23.9 Å². The molecule has 1 amide bonds. The predicted molar refractivity (Wildman–Crippen MR) is 72.3 cm³/mol. The summed E-state index contributed by atoms with van der Waals surface area (Å²) in [6.45, 7) is 3.10. The van der Waals surface area contributed by atoms with Crippen LogP contribution in [0, 0.1) is 16.0 Å². The molecule has 1 saturated carbocycles. The molecule has 102 valence electrons. The van der Waals surface area contributed by atoms with Gasteiger partial charge in [0.1, 0.15) is 5.69 Å². The molecule has 0 aromatic heterocycles. The lowest BCUT2D eigenvalue weighted by Crippen LogP contribution is -2.25. The summed E-state index contributed by atoms with van der Waals surface area (Å²) in [6.07, 6.45) is 2.34. The number of carbonyl (C=O) groups is 1. The lowest BCUT2D eigenvalue weighted by atomic mass is 10.1. The smallest absolute Gasteiger partial charge is 0.292 e. The highest BCUT2D eigenvalue weighted by Crippen LogP contribution is 2.28. The number of nitro groups is 1. The average molecular weight is 263 g/mol.